The minimum atomic E-state index is -1.21. The number of carboxylic acids is 1. The van der Waals surface area contributed by atoms with Crippen molar-refractivity contribution in [3.8, 4) is 0 Å². The van der Waals surface area contributed by atoms with Gasteiger partial charge in [0, 0.05) is 0 Å². The van der Waals surface area contributed by atoms with Crippen LogP contribution in [0.1, 0.15) is 45.1 Å². The van der Waals surface area contributed by atoms with Crippen LogP contribution in [0.2, 0.25) is 0 Å². The molecule has 2 rings (SSSR count). The first-order valence-corrected chi connectivity index (χ1v) is 6.13. The fraction of sp³-hybridized carbons (Fsp3) is 0.214. The number of H-pyrrole nitrogens is 1. The molecule has 3 N–H and O–H groups in total. The minimum Gasteiger partial charge on any atom is -0.477 e. The summed E-state index contributed by atoms with van der Waals surface area (Å²) in [5, 5.41) is 11.7. The maximum absolute atomic E-state index is 12.1. The van der Waals surface area contributed by atoms with Crippen molar-refractivity contribution in [2.45, 2.75) is 19.9 Å². The normalized spacial score (nSPS) is 11.9. The molecule has 6 nitrogen and oxygen atoms in total. The Kier molecular flexibility index (Phi) is 3.84. The Hall–Kier alpha value is -2.63. The molecule has 0 saturated heterocycles. The molecule has 1 heterocycles. The molecule has 0 bridgehead atoms. The first kappa shape index (κ1) is 13.8. The number of amides is 1. The van der Waals surface area contributed by atoms with Crippen molar-refractivity contribution in [2.75, 3.05) is 0 Å². The van der Waals surface area contributed by atoms with E-state index >= 15 is 0 Å². The van der Waals surface area contributed by atoms with Gasteiger partial charge in [-0.15, -0.1) is 0 Å². The third-order valence-corrected chi connectivity index (χ3v) is 3.07. The summed E-state index contributed by atoms with van der Waals surface area (Å²) in [7, 11) is 0. The molecule has 0 aliphatic heterocycles. The van der Waals surface area contributed by atoms with E-state index in [0.717, 1.165) is 11.1 Å². The maximum atomic E-state index is 12.1. The van der Waals surface area contributed by atoms with Crippen LogP contribution in [0.4, 0.5) is 0 Å². The lowest BCUT2D eigenvalue weighted by molar-refractivity contribution is 0.0684. The van der Waals surface area contributed by atoms with Crippen LogP contribution < -0.4 is 5.32 Å². The van der Waals surface area contributed by atoms with Crippen molar-refractivity contribution >= 4 is 11.9 Å². The predicted molar refractivity (Wildman–Crippen MR) is 72.6 cm³/mol. The number of aromatic carboxylic acids is 1. The molecule has 0 aliphatic carbocycles. The van der Waals surface area contributed by atoms with E-state index in [9.17, 15) is 9.59 Å². The molecule has 1 unspecified atom stereocenters. The third-order valence-electron chi connectivity index (χ3n) is 3.07. The molecule has 0 saturated carbocycles. The zero-order valence-electron chi connectivity index (χ0n) is 11.2. The molecule has 0 spiro atoms. The number of nitrogens with zero attached hydrogens (tertiary/aromatic N) is 1. The molecule has 1 amide bonds. The first-order chi connectivity index (χ1) is 9.50. The van der Waals surface area contributed by atoms with E-state index in [4.69, 9.17) is 5.11 Å². The molecule has 2 aromatic rings. The lowest BCUT2D eigenvalue weighted by Crippen LogP contribution is -2.28. The van der Waals surface area contributed by atoms with Gasteiger partial charge in [0.15, 0.2) is 11.4 Å². The van der Waals surface area contributed by atoms with Gasteiger partial charge in [-0.05, 0) is 25.0 Å². The summed E-state index contributed by atoms with van der Waals surface area (Å²) >= 11 is 0. The van der Waals surface area contributed by atoms with E-state index in [1.165, 1.54) is 6.33 Å². The molecule has 1 aromatic heterocycles. The van der Waals surface area contributed by atoms with Gasteiger partial charge in [0.25, 0.3) is 5.91 Å². The Morgan fingerprint density at radius 1 is 1.35 bits per heavy atom. The van der Waals surface area contributed by atoms with Crippen LogP contribution in [0.5, 0.6) is 0 Å². The van der Waals surface area contributed by atoms with Crippen LogP contribution in [0.3, 0.4) is 0 Å². The Morgan fingerprint density at radius 3 is 2.70 bits per heavy atom. The van der Waals surface area contributed by atoms with E-state index in [0.29, 0.717) is 0 Å². The van der Waals surface area contributed by atoms with E-state index < -0.39 is 11.9 Å². The van der Waals surface area contributed by atoms with Crippen molar-refractivity contribution in [2.24, 2.45) is 0 Å². The van der Waals surface area contributed by atoms with Gasteiger partial charge in [0.05, 0.1) is 12.4 Å². The summed E-state index contributed by atoms with van der Waals surface area (Å²) in [5.74, 6) is -1.73. The highest BCUT2D eigenvalue weighted by Gasteiger charge is 2.21. The number of carbonyl (C=O) groups is 2. The average molecular weight is 273 g/mol. The number of aryl methyl sites for hydroxylation is 1. The van der Waals surface area contributed by atoms with Gasteiger partial charge in [0.2, 0.25) is 0 Å². The number of nitrogens with one attached hydrogen (secondary N) is 2. The number of imidazole rings is 1. The molecule has 1 aromatic carbocycles. The van der Waals surface area contributed by atoms with Crippen molar-refractivity contribution in [3.63, 3.8) is 0 Å². The zero-order valence-corrected chi connectivity index (χ0v) is 11.2. The molecular formula is C14H15N3O3. The molecule has 0 aliphatic rings. The molecule has 104 valence electrons. The van der Waals surface area contributed by atoms with E-state index in [1.807, 2.05) is 38.1 Å². The lowest BCUT2D eigenvalue weighted by Gasteiger charge is -2.16. The molecule has 1 atom stereocenters. The highest BCUT2D eigenvalue weighted by atomic mass is 16.4. The smallest absolute Gasteiger partial charge is 0.354 e. The van der Waals surface area contributed by atoms with Gasteiger partial charge >= 0.3 is 5.97 Å². The van der Waals surface area contributed by atoms with Crippen LogP contribution in [-0.2, 0) is 0 Å². The van der Waals surface area contributed by atoms with Crippen molar-refractivity contribution in [1.29, 1.82) is 0 Å². The number of hydrogen-bond donors (Lipinski definition) is 3. The second-order valence-electron chi connectivity index (χ2n) is 4.48. The SMILES string of the molecule is Cc1ccccc1C(C)NC(=O)c1nc[nH]c1C(=O)O. The number of aromatic amines is 1. The van der Waals surface area contributed by atoms with Gasteiger partial charge in [-0.25, -0.2) is 9.78 Å². The van der Waals surface area contributed by atoms with E-state index in [2.05, 4.69) is 15.3 Å². The van der Waals surface area contributed by atoms with Crippen LogP contribution >= 0.6 is 0 Å². The van der Waals surface area contributed by atoms with Crippen LogP contribution in [0, 0.1) is 6.92 Å². The van der Waals surface area contributed by atoms with Crippen LogP contribution in [-0.4, -0.2) is 27.0 Å². The van der Waals surface area contributed by atoms with E-state index in [1.54, 1.807) is 0 Å². The lowest BCUT2D eigenvalue weighted by atomic mass is 10.0. The van der Waals surface area contributed by atoms with Crippen LogP contribution in [0.15, 0.2) is 30.6 Å². The highest BCUT2D eigenvalue weighted by Crippen LogP contribution is 2.17. The summed E-state index contributed by atoms with van der Waals surface area (Å²) in [6.45, 7) is 3.79. The zero-order chi connectivity index (χ0) is 14.7. The van der Waals surface area contributed by atoms with Crippen molar-refractivity contribution < 1.29 is 14.7 Å². The van der Waals surface area contributed by atoms with E-state index in [-0.39, 0.29) is 17.4 Å². The fourth-order valence-electron chi connectivity index (χ4n) is 2.04. The molecular weight excluding hydrogens is 258 g/mol. The number of hydrogen-bond acceptors (Lipinski definition) is 3. The van der Waals surface area contributed by atoms with Gasteiger partial charge in [-0.1, -0.05) is 24.3 Å². The molecule has 0 radical (unpaired) electrons. The van der Waals surface area contributed by atoms with Gasteiger partial charge < -0.3 is 15.4 Å². The Morgan fingerprint density at radius 2 is 2.05 bits per heavy atom. The summed E-state index contributed by atoms with van der Waals surface area (Å²) in [4.78, 5) is 29.2. The molecule has 0 fully saturated rings. The predicted octanol–water partition coefficient (Wildman–Crippen LogP) is 1.91. The second-order valence-corrected chi connectivity index (χ2v) is 4.48. The summed E-state index contributed by atoms with van der Waals surface area (Å²) in [6, 6.07) is 7.45. The van der Waals surface area contributed by atoms with Gasteiger partial charge in [-0.2, -0.15) is 0 Å². The first-order valence-electron chi connectivity index (χ1n) is 6.13. The van der Waals surface area contributed by atoms with Crippen molar-refractivity contribution in [3.05, 3.63) is 53.1 Å². The van der Waals surface area contributed by atoms with Crippen LogP contribution in [0.25, 0.3) is 0 Å². The number of carbonyl (C=O) groups excluding carboxylic acids is 1. The largest absolute Gasteiger partial charge is 0.477 e. The summed E-state index contributed by atoms with van der Waals surface area (Å²) in [5.41, 5.74) is 1.71. The summed E-state index contributed by atoms with van der Waals surface area (Å²) in [6.07, 6.45) is 1.19. The average Bonchev–Trinajstić information content (AvgIpc) is 2.88. The van der Waals surface area contributed by atoms with Crippen molar-refractivity contribution in [1.82, 2.24) is 15.3 Å². The maximum Gasteiger partial charge on any atom is 0.354 e. The Balaban J connectivity index is 2.18. The topological polar surface area (TPSA) is 95.1 Å². The Bertz CT molecular complexity index is 649. The number of rotatable bonds is 4. The molecule has 20 heavy (non-hydrogen) atoms. The quantitative estimate of drug-likeness (QED) is 0.793. The number of carboxylic acid groups (broad SMARTS) is 1. The molecule has 6 heteroatoms. The minimum absolute atomic E-state index is 0.113. The Labute approximate surface area is 115 Å². The van der Waals surface area contributed by atoms with Gasteiger partial charge in [-0.3, -0.25) is 4.79 Å². The number of benzene rings is 1. The monoisotopic (exact) mass is 273 g/mol. The number of aromatic nitrogens is 2. The fourth-order valence-corrected chi connectivity index (χ4v) is 2.04. The van der Waals surface area contributed by atoms with Gasteiger partial charge in [0.1, 0.15) is 0 Å². The standard InChI is InChI=1S/C14H15N3O3/c1-8-5-3-4-6-10(8)9(2)17-13(18)11-12(14(19)20)16-7-15-11/h3-7,9H,1-2H3,(H,15,16)(H,17,18)(H,19,20). The highest BCUT2D eigenvalue weighted by molar-refractivity contribution is 6.02. The summed E-state index contributed by atoms with van der Waals surface area (Å²) < 4.78 is 0. The third kappa shape index (κ3) is 2.69. The second kappa shape index (κ2) is 5.56.